The van der Waals surface area contributed by atoms with Crippen molar-refractivity contribution >= 4 is 17.3 Å². The molecule has 0 saturated carbocycles. The van der Waals surface area contributed by atoms with Gasteiger partial charge in [-0.15, -0.1) is 0 Å². The minimum absolute atomic E-state index is 0.844. The van der Waals surface area contributed by atoms with E-state index in [0.717, 1.165) is 31.2 Å². The molecule has 1 aromatic carbocycles. The predicted molar refractivity (Wildman–Crippen MR) is 81.6 cm³/mol. The van der Waals surface area contributed by atoms with Crippen molar-refractivity contribution < 1.29 is 0 Å². The molecule has 0 saturated heterocycles. The van der Waals surface area contributed by atoms with Gasteiger partial charge in [-0.1, -0.05) is 37.9 Å². The molecule has 1 N–H and O–H groups in total. The third kappa shape index (κ3) is 4.51. The third-order valence-electron chi connectivity index (χ3n) is 3.13. The van der Waals surface area contributed by atoms with Crippen LogP contribution in [-0.2, 0) is 6.54 Å². The van der Waals surface area contributed by atoms with Gasteiger partial charge in [-0.3, -0.25) is 0 Å². The van der Waals surface area contributed by atoms with Gasteiger partial charge in [0.15, 0.2) is 0 Å². The van der Waals surface area contributed by atoms with E-state index in [9.17, 15) is 0 Å². The fraction of sp³-hybridized carbons (Fsp3) is 0.600. The molecule has 0 bridgehead atoms. The van der Waals surface area contributed by atoms with Crippen LogP contribution >= 0.6 is 11.6 Å². The molecule has 102 valence electrons. The molecular weight excluding hydrogens is 244 g/mol. The van der Waals surface area contributed by atoms with Crippen molar-refractivity contribution in [2.75, 3.05) is 24.5 Å². The van der Waals surface area contributed by atoms with Crippen molar-refractivity contribution in [2.24, 2.45) is 0 Å². The summed E-state index contributed by atoms with van der Waals surface area (Å²) in [5, 5.41) is 4.17. The Hall–Kier alpha value is -0.730. The van der Waals surface area contributed by atoms with Gasteiger partial charge in [-0.05, 0) is 37.6 Å². The Morgan fingerprint density at radius 3 is 2.56 bits per heavy atom. The van der Waals surface area contributed by atoms with Crippen LogP contribution in [0.2, 0.25) is 5.02 Å². The zero-order valence-corrected chi connectivity index (χ0v) is 12.6. The quantitative estimate of drug-likeness (QED) is 0.764. The van der Waals surface area contributed by atoms with Gasteiger partial charge >= 0.3 is 0 Å². The number of nitrogens with zero attached hydrogens (tertiary/aromatic N) is 1. The highest BCUT2D eigenvalue weighted by Crippen LogP contribution is 2.24. The smallest absolute Gasteiger partial charge is 0.0471 e. The Balaban J connectivity index is 2.74. The summed E-state index contributed by atoms with van der Waals surface area (Å²) < 4.78 is 0. The van der Waals surface area contributed by atoms with Crippen LogP contribution in [0.15, 0.2) is 18.2 Å². The molecule has 0 aromatic heterocycles. The lowest BCUT2D eigenvalue weighted by Crippen LogP contribution is -2.23. The highest BCUT2D eigenvalue weighted by molar-refractivity contribution is 6.31. The maximum absolute atomic E-state index is 6.33. The van der Waals surface area contributed by atoms with Gasteiger partial charge in [-0.25, -0.2) is 0 Å². The number of unbranched alkanes of at least 4 members (excludes halogenated alkanes) is 1. The number of halogens is 1. The van der Waals surface area contributed by atoms with Gasteiger partial charge in [-0.2, -0.15) is 0 Å². The maximum atomic E-state index is 6.33. The molecule has 0 aliphatic heterocycles. The number of hydrogen-bond acceptors (Lipinski definition) is 2. The van der Waals surface area contributed by atoms with Crippen molar-refractivity contribution in [3.8, 4) is 0 Å². The normalized spacial score (nSPS) is 10.7. The van der Waals surface area contributed by atoms with Crippen LogP contribution in [0.3, 0.4) is 0 Å². The predicted octanol–water partition coefficient (Wildman–Crippen LogP) is 4.08. The molecule has 0 fully saturated rings. The highest BCUT2D eigenvalue weighted by atomic mass is 35.5. The number of nitrogens with one attached hydrogen (secondary N) is 1. The van der Waals surface area contributed by atoms with E-state index in [1.165, 1.54) is 24.1 Å². The summed E-state index contributed by atoms with van der Waals surface area (Å²) >= 11 is 6.33. The fourth-order valence-corrected chi connectivity index (χ4v) is 2.20. The Labute approximate surface area is 116 Å². The molecule has 18 heavy (non-hydrogen) atoms. The molecule has 3 heteroatoms. The van der Waals surface area contributed by atoms with Crippen molar-refractivity contribution in [2.45, 2.75) is 40.2 Å². The second-order valence-corrected chi connectivity index (χ2v) is 4.90. The molecule has 0 aliphatic rings. The number of hydrogen-bond donors (Lipinski definition) is 1. The molecule has 1 rings (SSSR count). The molecule has 0 spiro atoms. The van der Waals surface area contributed by atoms with E-state index in [4.69, 9.17) is 11.6 Å². The van der Waals surface area contributed by atoms with E-state index >= 15 is 0 Å². The average molecular weight is 269 g/mol. The topological polar surface area (TPSA) is 15.3 Å². The molecule has 2 nitrogen and oxygen atoms in total. The van der Waals surface area contributed by atoms with E-state index in [1.54, 1.807) is 0 Å². The Morgan fingerprint density at radius 1 is 1.22 bits per heavy atom. The lowest BCUT2D eigenvalue weighted by atomic mass is 10.1. The van der Waals surface area contributed by atoms with E-state index in [-0.39, 0.29) is 0 Å². The van der Waals surface area contributed by atoms with Crippen LogP contribution in [0.4, 0.5) is 5.69 Å². The first-order chi connectivity index (χ1) is 8.72. The van der Waals surface area contributed by atoms with Crippen molar-refractivity contribution in [1.82, 2.24) is 5.32 Å². The molecule has 1 aromatic rings. The summed E-state index contributed by atoms with van der Waals surface area (Å²) in [5.41, 5.74) is 2.41. The Bertz CT molecular complexity index is 352. The summed E-state index contributed by atoms with van der Waals surface area (Å²) in [4.78, 5) is 2.38. The summed E-state index contributed by atoms with van der Waals surface area (Å²) in [7, 11) is 0. The van der Waals surface area contributed by atoms with Gasteiger partial charge in [0.25, 0.3) is 0 Å². The van der Waals surface area contributed by atoms with Crippen LogP contribution < -0.4 is 10.2 Å². The molecule has 0 radical (unpaired) electrons. The fourth-order valence-electron chi connectivity index (χ4n) is 1.95. The molecule has 0 atom stereocenters. The average Bonchev–Trinajstić information content (AvgIpc) is 2.38. The second kappa shape index (κ2) is 8.39. The second-order valence-electron chi connectivity index (χ2n) is 4.49. The van der Waals surface area contributed by atoms with Crippen molar-refractivity contribution in [3.63, 3.8) is 0 Å². The van der Waals surface area contributed by atoms with Crippen molar-refractivity contribution in [1.29, 1.82) is 0 Å². The minimum Gasteiger partial charge on any atom is -0.372 e. The lowest BCUT2D eigenvalue weighted by molar-refractivity contribution is 0.723. The van der Waals surface area contributed by atoms with Crippen LogP contribution in [0.5, 0.6) is 0 Å². The van der Waals surface area contributed by atoms with Crippen molar-refractivity contribution in [3.05, 3.63) is 28.8 Å². The highest BCUT2D eigenvalue weighted by Gasteiger charge is 2.06. The Kier molecular flexibility index (Phi) is 7.14. The van der Waals surface area contributed by atoms with Gasteiger partial charge in [0.1, 0.15) is 0 Å². The molecule has 0 unspecified atom stereocenters. The largest absolute Gasteiger partial charge is 0.372 e. The van der Waals surface area contributed by atoms with Crippen LogP contribution in [0.25, 0.3) is 0 Å². The van der Waals surface area contributed by atoms with Crippen LogP contribution in [0, 0.1) is 0 Å². The zero-order valence-electron chi connectivity index (χ0n) is 11.8. The molecular formula is C15H25ClN2. The van der Waals surface area contributed by atoms with Gasteiger partial charge in [0.05, 0.1) is 0 Å². The SMILES string of the molecule is CCCCN(CC)c1ccc(CNCC)c(Cl)c1. The van der Waals surface area contributed by atoms with E-state index < -0.39 is 0 Å². The molecule has 0 heterocycles. The first-order valence-electron chi connectivity index (χ1n) is 6.97. The van der Waals surface area contributed by atoms with E-state index in [1.807, 2.05) is 0 Å². The number of benzene rings is 1. The third-order valence-corrected chi connectivity index (χ3v) is 3.48. The lowest BCUT2D eigenvalue weighted by Gasteiger charge is -2.23. The first-order valence-corrected chi connectivity index (χ1v) is 7.34. The zero-order chi connectivity index (χ0) is 13.4. The van der Waals surface area contributed by atoms with E-state index in [2.05, 4.69) is 49.2 Å². The standard InChI is InChI=1S/C15H25ClN2/c1-4-7-10-18(6-3)14-9-8-13(12-17-5-2)15(16)11-14/h8-9,11,17H,4-7,10,12H2,1-3H3. The Morgan fingerprint density at radius 2 is 2.00 bits per heavy atom. The monoisotopic (exact) mass is 268 g/mol. The summed E-state index contributed by atoms with van der Waals surface area (Å²) in [6.07, 6.45) is 2.45. The first kappa shape index (κ1) is 15.3. The number of anilines is 1. The summed E-state index contributed by atoms with van der Waals surface area (Å²) in [6, 6.07) is 6.40. The summed E-state index contributed by atoms with van der Waals surface area (Å²) in [5.74, 6) is 0. The van der Waals surface area contributed by atoms with Gasteiger partial charge < -0.3 is 10.2 Å². The maximum Gasteiger partial charge on any atom is 0.0471 e. The van der Waals surface area contributed by atoms with Gasteiger partial charge in [0.2, 0.25) is 0 Å². The molecule has 0 amide bonds. The van der Waals surface area contributed by atoms with Crippen LogP contribution in [-0.4, -0.2) is 19.6 Å². The number of rotatable bonds is 8. The van der Waals surface area contributed by atoms with E-state index in [0.29, 0.717) is 0 Å². The van der Waals surface area contributed by atoms with Crippen LogP contribution in [0.1, 0.15) is 39.2 Å². The molecule has 0 aliphatic carbocycles. The summed E-state index contributed by atoms with van der Waals surface area (Å²) in [6.45, 7) is 10.5. The van der Waals surface area contributed by atoms with Gasteiger partial charge in [0, 0.05) is 30.3 Å². The minimum atomic E-state index is 0.844.